The van der Waals surface area contributed by atoms with E-state index >= 15 is 0 Å². The summed E-state index contributed by atoms with van der Waals surface area (Å²) in [5.74, 6) is -0.284. The molecule has 0 aliphatic heterocycles. The highest BCUT2D eigenvalue weighted by Crippen LogP contribution is 2.12. The predicted molar refractivity (Wildman–Crippen MR) is 59.8 cm³/mol. The van der Waals surface area contributed by atoms with Gasteiger partial charge in [-0.05, 0) is 0 Å². The molecular formula is C9H21NO4P+. The van der Waals surface area contributed by atoms with Gasteiger partial charge < -0.3 is 18.3 Å². The van der Waals surface area contributed by atoms with E-state index in [1.807, 2.05) is 0 Å². The molecule has 0 spiro atoms. The third kappa shape index (κ3) is 13.8. The molecule has 0 N–H and O–H groups in total. The maximum Gasteiger partial charge on any atom is 0.302 e. The summed E-state index contributed by atoms with van der Waals surface area (Å²) in [6.07, 6.45) is 0. The lowest BCUT2D eigenvalue weighted by Crippen LogP contribution is -2.37. The van der Waals surface area contributed by atoms with E-state index in [0.717, 1.165) is 11.0 Å². The number of ether oxygens (including phenoxy) is 1. The Bertz CT molecular complexity index is 181. The number of carbonyl (C=O) groups excluding carboxylic acids is 1. The Balaban J connectivity index is 3.09. The minimum atomic E-state index is -0.284. The van der Waals surface area contributed by atoms with Gasteiger partial charge in [0.1, 0.15) is 19.8 Å². The SMILES string of the molecule is CC(=O)OCCOPOCC[N+](C)(C)C. The Kier molecular flexibility index (Phi) is 7.88. The third-order valence-electron chi connectivity index (χ3n) is 1.47. The highest BCUT2D eigenvalue weighted by atomic mass is 31.1. The molecule has 0 aromatic heterocycles. The van der Waals surface area contributed by atoms with Crippen LogP contribution in [0.15, 0.2) is 0 Å². The van der Waals surface area contributed by atoms with E-state index in [9.17, 15) is 4.79 Å². The molecule has 0 heterocycles. The number of carbonyl (C=O) groups is 1. The molecule has 15 heavy (non-hydrogen) atoms. The van der Waals surface area contributed by atoms with Crippen molar-refractivity contribution in [3.8, 4) is 0 Å². The maximum atomic E-state index is 10.4. The third-order valence-corrected chi connectivity index (χ3v) is 2.12. The second-order valence-electron chi connectivity index (χ2n) is 4.13. The topological polar surface area (TPSA) is 44.8 Å². The van der Waals surface area contributed by atoms with Crippen LogP contribution in [0.5, 0.6) is 0 Å². The molecule has 0 saturated carbocycles. The largest absolute Gasteiger partial charge is 0.463 e. The number of esters is 1. The summed E-state index contributed by atoms with van der Waals surface area (Å²) < 4.78 is 15.9. The molecule has 6 heteroatoms. The Hall–Kier alpha value is -0.220. The predicted octanol–water partition coefficient (Wildman–Crippen LogP) is 0.797. The zero-order valence-corrected chi connectivity index (χ0v) is 10.9. The molecule has 5 nitrogen and oxygen atoms in total. The molecule has 0 aliphatic rings. The summed E-state index contributed by atoms with van der Waals surface area (Å²) >= 11 is 0. The standard InChI is InChI=1S/C9H21NO4P/c1-9(11)12-7-8-14-15-13-6-5-10(2,3)4/h15H,5-8H2,1-4H3/q+1. The molecule has 0 rings (SSSR count). The van der Waals surface area contributed by atoms with Crippen LogP contribution in [0.4, 0.5) is 0 Å². The van der Waals surface area contributed by atoms with Crippen molar-refractivity contribution in [3.05, 3.63) is 0 Å². The average molecular weight is 238 g/mol. The van der Waals surface area contributed by atoms with Gasteiger partial charge in [0.25, 0.3) is 0 Å². The molecule has 0 radical (unpaired) electrons. The molecule has 0 amide bonds. The summed E-state index contributed by atoms with van der Waals surface area (Å²) in [5, 5.41) is 0. The summed E-state index contributed by atoms with van der Waals surface area (Å²) in [6.45, 7) is 3.68. The lowest BCUT2D eigenvalue weighted by atomic mass is 10.5. The van der Waals surface area contributed by atoms with E-state index in [1.165, 1.54) is 6.92 Å². The number of hydrogen-bond donors (Lipinski definition) is 0. The van der Waals surface area contributed by atoms with Gasteiger partial charge in [-0.15, -0.1) is 0 Å². The van der Waals surface area contributed by atoms with Crippen LogP contribution in [0.2, 0.25) is 0 Å². The molecule has 0 aliphatic carbocycles. The molecule has 90 valence electrons. The van der Waals surface area contributed by atoms with E-state index in [2.05, 4.69) is 25.9 Å². The first-order valence-electron chi connectivity index (χ1n) is 4.84. The molecule has 1 unspecified atom stereocenters. The zero-order valence-electron chi connectivity index (χ0n) is 9.91. The number of rotatable bonds is 8. The Labute approximate surface area is 93.2 Å². The fourth-order valence-electron chi connectivity index (χ4n) is 0.672. The molecule has 1 atom stereocenters. The Morgan fingerprint density at radius 1 is 1.13 bits per heavy atom. The van der Waals surface area contributed by atoms with Crippen LogP contribution in [0.1, 0.15) is 6.92 Å². The molecule has 0 saturated heterocycles. The van der Waals surface area contributed by atoms with Gasteiger partial charge in [-0.25, -0.2) is 0 Å². The normalized spacial score (nSPS) is 12.3. The fraction of sp³-hybridized carbons (Fsp3) is 0.889. The average Bonchev–Trinajstić information content (AvgIpc) is 2.07. The van der Waals surface area contributed by atoms with Gasteiger partial charge in [0, 0.05) is 6.92 Å². The van der Waals surface area contributed by atoms with Gasteiger partial charge in [0.05, 0.1) is 27.7 Å². The number of quaternary nitrogens is 1. The van der Waals surface area contributed by atoms with E-state index < -0.39 is 0 Å². The monoisotopic (exact) mass is 238 g/mol. The molecule has 0 bridgehead atoms. The van der Waals surface area contributed by atoms with Gasteiger partial charge in [0.15, 0.2) is 9.03 Å². The highest BCUT2D eigenvalue weighted by molar-refractivity contribution is 7.26. The van der Waals surface area contributed by atoms with Crippen molar-refractivity contribution in [1.29, 1.82) is 0 Å². The minimum absolute atomic E-state index is 0.0202. The van der Waals surface area contributed by atoms with Crippen LogP contribution in [0.25, 0.3) is 0 Å². The summed E-state index contributed by atoms with van der Waals surface area (Å²) in [7, 11) is 6.34. The summed E-state index contributed by atoms with van der Waals surface area (Å²) in [5.41, 5.74) is 0. The van der Waals surface area contributed by atoms with Crippen LogP contribution < -0.4 is 0 Å². The summed E-state index contributed by atoms with van der Waals surface area (Å²) in [6, 6.07) is 0. The number of nitrogens with zero attached hydrogens (tertiary/aromatic N) is 1. The van der Waals surface area contributed by atoms with Crippen LogP contribution >= 0.6 is 9.03 Å². The van der Waals surface area contributed by atoms with E-state index in [0.29, 0.717) is 19.8 Å². The second kappa shape index (κ2) is 7.99. The zero-order chi connectivity index (χ0) is 11.7. The van der Waals surface area contributed by atoms with Crippen molar-refractivity contribution in [2.24, 2.45) is 0 Å². The van der Waals surface area contributed by atoms with Crippen molar-refractivity contribution >= 4 is 15.0 Å². The first-order chi connectivity index (χ1) is 6.92. The Morgan fingerprint density at radius 3 is 2.27 bits per heavy atom. The Morgan fingerprint density at radius 2 is 1.73 bits per heavy atom. The lowest BCUT2D eigenvalue weighted by molar-refractivity contribution is -0.870. The van der Waals surface area contributed by atoms with Crippen molar-refractivity contribution < 1.29 is 23.1 Å². The first kappa shape index (κ1) is 14.8. The van der Waals surface area contributed by atoms with Crippen LogP contribution in [-0.2, 0) is 18.6 Å². The quantitative estimate of drug-likeness (QED) is 0.271. The smallest absolute Gasteiger partial charge is 0.302 e. The van der Waals surface area contributed by atoms with Crippen LogP contribution in [-0.4, -0.2) is 58.0 Å². The van der Waals surface area contributed by atoms with Crippen LogP contribution in [0, 0.1) is 0 Å². The fourth-order valence-corrected chi connectivity index (χ4v) is 1.10. The first-order valence-corrected chi connectivity index (χ1v) is 5.66. The van der Waals surface area contributed by atoms with E-state index in [4.69, 9.17) is 9.05 Å². The number of hydrogen-bond acceptors (Lipinski definition) is 4. The van der Waals surface area contributed by atoms with Crippen molar-refractivity contribution in [1.82, 2.24) is 0 Å². The minimum Gasteiger partial charge on any atom is -0.463 e. The molecular weight excluding hydrogens is 217 g/mol. The van der Waals surface area contributed by atoms with Gasteiger partial charge in [-0.2, -0.15) is 0 Å². The van der Waals surface area contributed by atoms with Gasteiger partial charge >= 0.3 is 5.97 Å². The molecule has 0 aromatic rings. The lowest BCUT2D eigenvalue weighted by Gasteiger charge is -2.23. The van der Waals surface area contributed by atoms with E-state index in [1.54, 1.807) is 0 Å². The highest BCUT2D eigenvalue weighted by Gasteiger charge is 2.05. The van der Waals surface area contributed by atoms with Crippen molar-refractivity contribution in [3.63, 3.8) is 0 Å². The van der Waals surface area contributed by atoms with Gasteiger partial charge in [-0.3, -0.25) is 4.79 Å². The van der Waals surface area contributed by atoms with Crippen molar-refractivity contribution in [2.45, 2.75) is 6.92 Å². The summed E-state index contributed by atoms with van der Waals surface area (Å²) in [4.78, 5) is 10.4. The molecule has 0 fully saturated rings. The van der Waals surface area contributed by atoms with Gasteiger partial charge in [-0.1, -0.05) is 0 Å². The van der Waals surface area contributed by atoms with Crippen LogP contribution in [0.3, 0.4) is 0 Å². The molecule has 0 aromatic carbocycles. The maximum absolute atomic E-state index is 10.4. The number of likely N-dealkylation sites (N-methyl/N-ethyl adjacent to an activating group) is 1. The second-order valence-corrected chi connectivity index (χ2v) is 4.88. The van der Waals surface area contributed by atoms with E-state index in [-0.39, 0.29) is 15.0 Å². The van der Waals surface area contributed by atoms with Crippen molar-refractivity contribution in [2.75, 3.05) is 47.5 Å². The van der Waals surface area contributed by atoms with Gasteiger partial charge in [0.2, 0.25) is 0 Å².